The van der Waals surface area contributed by atoms with Gasteiger partial charge in [-0.3, -0.25) is 4.68 Å². The first-order valence-electron chi connectivity index (χ1n) is 6.16. The number of nitrogens with one attached hydrogen (secondary N) is 1. The summed E-state index contributed by atoms with van der Waals surface area (Å²) >= 11 is 0. The van der Waals surface area contributed by atoms with Crippen LogP contribution < -0.4 is 5.32 Å². The van der Waals surface area contributed by atoms with Crippen molar-refractivity contribution in [2.45, 2.75) is 0 Å². The van der Waals surface area contributed by atoms with E-state index in [2.05, 4.69) is 10.4 Å². The van der Waals surface area contributed by atoms with E-state index >= 15 is 0 Å². The van der Waals surface area contributed by atoms with Gasteiger partial charge in [0.05, 0.1) is 23.0 Å². The van der Waals surface area contributed by atoms with Crippen molar-refractivity contribution in [3.05, 3.63) is 54.2 Å². The molecule has 1 aromatic heterocycles. The highest BCUT2D eigenvalue weighted by atomic mass is 16.4. The van der Waals surface area contributed by atoms with Crippen LogP contribution in [0.25, 0.3) is 10.9 Å². The number of fused-ring (bicyclic) bond motifs is 1. The standard InChI is InChI=1S/C15H13N3O2/c1-18-14-8-11(7-6-10(14)9-16-18)17-13-5-3-2-4-12(13)15(19)20/h2-9,17H,1H3,(H,19,20). The minimum atomic E-state index is -0.949. The number of rotatable bonds is 3. The summed E-state index contributed by atoms with van der Waals surface area (Å²) in [4.78, 5) is 11.2. The Hall–Kier alpha value is -2.82. The second-order valence-corrected chi connectivity index (χ2v) is 4.52. The highest BCUT2D eigenvalue weighted by Gasteiger charge is 2.09. The van der Waals surface area contributed by atoms with Crippen molar-refractivity contribution in [1.82, 2.24) is 9.78 Å². The average molecular weight is 267 g/mol. The van der Waals surface area contributed by atoms with Gasteiger partial charge in [-0.1, -0.05) is 12.1 Å². The molecule has 2 N–H and O–H groups in total. The van der Waals surface area contributed by atoms with Crippen LogP contribution in [-0.2, 0) is 7.05 Å². The SMILES string of the molecule is Cn1ncc2ccc(Nc3ccccc3C(=O)O)cc21. The maximum absolute atomic E-state index is 11.2. The van der Waals surface area contributed by atoms with Crippen LogP contribution in [0.4, 0.5) is 11.4 Å². The number of nitrogens with zero attached hydrogens (tertiary/aromatic N) is 2. The summed E-state index contributed by atoms with van der Waals surface area (Å²) in [6, 6.07) is 12.6. The van der Waals surface area contributed by atoms with Gasteiger partial charge in [-0.05, 0) is 30.3 Å². The van der Waals surface area contributed by atoms with E-state index in [1.807, 2.05) is 25.2 Å². The third-order valence-electron chi connectivity index (χ3n) is 3.19. The van der Waals surface area contributed by atoms with Crippen LogP contribution in [0.1, 0.15) is 10.4 Å². The number of aryl methyl sites for hydroxylation is 1. The zero-order valence-corrected chi connectivity index (χ0v) is 10.9. The topological polar surface area (TPSA) is 67.2 Å². The molecule has 0 aliphatic carbocycles. The van der Waals surface area contributed by atoms with Crippen molar-refractivity contribution < 1.29 is 9.90 Å². The summed E-state index contributed by atoms with van der Waals surface area (Å²) in [5.74, 6) is -0.949. The van der Waals surface area contributed by atoms with Crippen LogP contribution in [0.2, 0.25) is 0 Å². The first-order chi connectivity index (χ1) is 9.65. The van der Waals surface area contributed by atoms with Crippen LogP contribution in [-0.4, -0.2) is 20.9 Å². The molecule has 0 atom stereocenters. The van der Waals surface area contributed by atoms with Gasteiger partial charge in [-0.15, -0.1) is 0 Å². The summed E-state index contributed by atoms with van der Waals surface area (Å²) in [6.45, 7) is 0. The van der Waals surface area contributed by atoms with Crippen LogP contribution in [0.15, 0.2) is 48.7 Å². The highest BCUT2D eigenvalue weighted by molar-refractivity contribution is 5.95. The maximum Gasteiger partial charge on any atom is 0.337 e. The predicted octanol–water partition coefficient (Wildman–Crippen LogP) is 3.02. The van der Waals surface area contributed by atoms with E-state index in [0.29, 0.717) is 5.69 Å². The molecule has 0 unspecified atom stereocenters. The van der Waals surface area contributed by atoms with Crippen LogP contribution >= 0.6 is 0 Å². The first-order valence-corrected chi connectivity index (χ1v) is 6.16. The van der Waals surface area contributed by atoms with Gasteiger partial charge in [0.1, 0.15) is 0 Å². The molecule has 2 aromatic carbocycles. The molecule has 0 aliphatic heterocycles. The fourth-order valence-electron chi connectivity index (χ4n) is 2.16. The molecule has 0 bridgehead atoms. The van der Waals surface area contributed by atoms with Gasteiger partial charge >= 0.3 is 5.97 Å². The number of aromatic carboxylic acids is 1. The number of carboxylic acid groups (broad SMARTS) is 1. The zero-order chi connectivity index (χ0) is 14.1. The Bertz CT molecular complexity index is 793. The second kappa shape index (κ2) is 4.70. The summed E-state index contributed by atoms with van der Waals surface area (Å²) in [5, 5.41) is 17.5. The molecule has 0 amide bonds. The lowest BCUT2D eigenvalue weighted by Gasteiger charge is -2.09. The van der Waals surface area contributed by atoms with Crippen LogP contribution in [0, 0.1) is 0 Å². The van der Waals surface area contributed by atoms with E-state index in [1.54, 1.807) is 35.1 Å². The molecule has 3 rings (SSSR count). The predicted molar refractivity (Wildman–Crippen MR) is 77.4 cm³/mol. The molecule has 0 radical (unpaired) electrons. The number of benzene rings is 2. The Morgan fingerprint density at radius 1 is 1.25 bits per heavy atom. The molecule has 20 heavy (non-hydrogen) atoms. The zero-order valence-electron chi connectivity index (χ0n) is 10.9. The summed E-state index contributed by atoms with van der Waals surface area (Å²) in [6.07, 6.45) is 1.80. The quantitative estimate of drug-likeness (QED) is 0.765. The minimum Gasteiger partial charge on any atom is -0.478 e. The lowest BCUT2D eigenvalue weighted by Crippen LogP contribution is -2.02. The van der Waals surface area contributed by atoms with E-state index in [0.717, 1.165) is 16.6 Å². The van der Waals surface area contributed by atoms with Crippen molar-refractivity contribution in [3.8, 4) is 0 Å². The normalized spacial score (nSPS) is 10.7. The molecule has 0 fully saturated rings. The van der Waals surface area contributed by atoms with E-state index in [9.17, 15) is 9.90 Å². The number of aromatic nitrogens is 2. The molecule has 100 valence electrons. The minimum absolute atomic E-state index is 0.248. The van der Waals surface area contributed by atoms with Gasteiger partial charge in [0, 0.05) is 18.1 Å². The van der Waals surface area contributed by atoms with Crippen molar-refractivity contribution >= 4 is 28.2 Å². The molecular formula is C15H13N3O2. The fourth-order valence-corrected chi connectivity index (χ4v) is 2.16. The first kappa shape index (κ1) is 12.2. The van der Waals surface area contributed by atoms with Gasteiger partial charge in [0.15, 0.2) is 0 Å². The maximum atomic E-state index is 11.2. The summed E-state index contributed by atoms with van der Waals surface area (Å²) in [5.41, 5.74) is 2.64. The van der Waals surface area contributed by atoms with Gasteiger partial charge in [-0.25, -0.2) is 4.79 Å². The monoisotopic (exact) mass is 267 g/mol. The van der Waals surface area contributed by atoms with Crippen molar-refractivity contribution in [2.24, 2.45) is 7.05 Å². The Kier molecular flexibility index (Phi) is 2.87. The lowest BCUT2D eigenvalue weighted by molar-refractivity contribution is 0.0698. The Labute approximate surface area is 115 Å². The number of carbonyl (C=O) groups is 1. The molecule has 0 aliphatic rings. The van der Waals surface area contributed by atoms with Gasteiger partial charge in [-0.2, -0.15) is 5.10 Å². The third-order valence-corrected chi connectivity index (χ3v) is 3.19. The Balaban J connectivity index is 2.01. The van der Waals surface area contributed by atoms with Crippen molar-refractivity contribution in [2.75, 3.05) is 5.32 Å². The van der Waals surface area contributed by atoms with E-state index in [1.165, 1.54) is 0 Å². The molecule has 1 heterocycles. The molecule has 0 saturated carbocycles. The smallest absolute Gasteiger partial charge is 0.337 e. The largest absolute Gasteiger partial charge is 0.478 e. The Morgan fingerprint density at radius 3 is 2.85 bits per heavy atom. The molecule has 3 aromatic rings. The van der Waals surface area contributed by atoms with E-state index in [-0.39, 0.29) is 5.56 Å². The molecule has 0 spiro atoms. The molecule has 5 nitrogen and oxygen atoms in total. The number of hydrogen-bond acceptors (Lipinski definition) is 3. The highest BCUT2D eigenvalue weighted by Crippen LogP contribution is 2.24. The lowest BCUT2D eigenvalue weighted by atomic mass is 10.1. The molecule has 5 heteroatoms. The number of anilines is 2. The second-order valence-electron chi connectivity index (χ2n) is 4.52. The van der Waals surface area contributed by atoms with Gasteiger partial charge in [0.25, 0.3) is 0 Å². The Morgan fingerprint density at radius 2 is 2.05 bits per heavy atom. The number of hydrogen-bond donors (Lipinski definition) is 2. The van der Waals surface area contributed by atoms with Gasteiger partial charge in [0.2, 0.25) is 0 Å². The van der Waals surface area contributed by atoms with Crippen LogP contribution in [0.5, 0.6) is 0 Å². The van der Waals surface area contributed by atoms with Crippen molar-refractivity contribution in [3.63, 3.8) is 0 Å². The van der Waals surface area contributed by atoms with E-state index < -0.39 is 5.97 Å². The third kappa shape index (κ3) is 2.09. The summed E-state index contributed by atoms with van der Waals surface area (Å²) in [7, 11) is 1.87. The summed E-state index contributed by atoms with van der Waals surface area (Å²) < 4.78 is 1.78. The van der Waals surface area contributed by atoms with Gasteiger partial charge < -0.3 is 10.4 Å². The number of carboxylic acids is 1. The van der Waals surface area contributed by atoms with Crippen LogP contribution in [0.3, 0.4) is 0 Å². The number of para-hydroxylation sites is 1. The average Bonchev–Trinajstić information content (AvgIpc) is 2.81. The van der Waals surface area contributed by atoms with Crippen molar-refractivity contribution in [1.29, 1.82) is 0 Å². The molecular weight excluding hydrogens is 254 g/mol. The molecule has 0 saturated heterocycles. The van der Waals surface area contributed by atoms with E-state index in [4.69, 9.17) is 0 Å². The fraction of sp³-hybridized carbons (Fsp3) is 0.0667.